The van der Waals surface area contributed by atoms with Gasteiger partial charge in [-0.3, -0.25) is 0 Å². The average Bonchev–Trinajstić information content (AvgIpc) is 3.70. The molecule has 0 N–H and O–H groups in total. The highest BCUT2D eigenvalue weighted by molar-refractivity contribution is 6.11. The number of nitriles is 2. The second-order valence-electron chi connectivity index (χ2n) is 14.8. The Bertz CT molecular complexity index is 3040. The molecule has 10 rings (SSSR count). The van der Waals surface area contributed by atoms with Crippen LogP contribution in [0.15, 0.2) is 158 Å². The first kappa shape index (κ1) is 32.9. The van der Waals surface area contributed by atoms with Crippen molar-refractivity contribution in [2.75, 3.05) is 0 Å². The molecule has 0 bridgehead atoms. The van der Waals surface area contributed by atoms with E-state index in [9.17, 15) is 10.5 Å². The molecule has 6 heteroatoms. The van der Waals surface area contributed by atoms with Gasteiger partial charge in [0, 0.05) is 38.6 Å². The second kappa shape index (κ2) is 12.7. The summed E-state index contributed by atoms with van der Waals surface area (Å²) in [5.41, 5.74) is 13.0. The number of nitrogens with zero attached hydrogens (tertiary/aromatic N) is 6. The SMILES string of the molecule is CC1(C)c2ccccc2-c2cc3c4ccccc4n(-c4cc(-c5cc(C#N)cc(C#N)c5)cc(-c5nc(-c6ccccc6)nc(-c6ccccc6)n5)c4)c3cc21. The number of benzene rings is 7. The van der Waals surface area contributed by atoms with E-state index in [1.54, 1.807) is 6.07 Å². The van der Waals surface area contributed by atoms with Crippen LogP contribution < -0.4 is 0 Å². The van der Waals surface area contributed by atoms with Crippen molar-refractivity contribution in [1.82, 2.24) is 19.5 Å². The van der Waals surface area contributed by atoms with Gasteiger partial charge in [-0.15, -0.1) is 0 Å². The van der Waals surface area contributed by atoms with Gasteiger partial charge in [-0.2, -0.15) is 10.5 Å². The van der Waals surface area contributed by atoms with Crippen molar-refractivity contribution in [3.63, 3.8) is 0 Å². The number of fused-ring (bicyclic) bond motifs is 6. The molecule has 0 spiro atoms. The number of para-hydroxylation sites is 1. The molecule has 7 aromatic carbocycles. The van der Waals surface area contributed by atoms with Gasteiger partial charge in [-0.25, -0.2) is 15.0 Å². The summed E-state index contributed by atoms with van der Waals surface area (Å²) >= 11 is 0. The van der Waals surface area contributed by atoms with E-state index in [-0.39, 0.29) is 5.41 Å². The standard InChI is InChI=1S/C50H32N6/c1-50(2)43-19-11-9-17-39(43)41-27-42-40-18-10-12-20-45(40)56(46(42)28-44(41)50)38-25-36(35-22-31(29-51)21-32(23-35)30-52)24-37(26-38)49-54-47(33-13-5-3-6-14-33)53-48(55-49)34-15-7-4-8-16-34/h3-28H,1-2H3. The number of hydrogen-bond acceptors (Lipinski definition) is 5. The van der Waals surface area contributed by atoms with Crippen molar-refractivity contribution in [3.8, 4) is 74.2 Å². The zero-order chi connectivity index (χ0) is 38.0. The summed E-state index contributed by atoms with van der Waals surface area (Å²) in [6.45, 7) is 4.61. The highest BCUT2D eigenvalue weighted by Crippen LogP contribution is 2.51. The summed E-state index contributed by atoms with van der Waals surface area (Å²) in [7, 11) is 0. The smallest absolute Gasteiger partial charge is 0.164 e. The summed E-state index contributed by atoms with van der Waals surface area (Å²) in [6.07, 6.45) is 0. The summed E-state index contributed by atoms with van der Waals surface area (Å²) in [5.74, 6) is 1.64. The molecule has 262 valence electrons. The van der Waals surface area contributed by atoms with Crippen LogP contribution in [0.1, 0.15) is 36.1 Å². The third-order valence-electron chi connectivity index (χ3n) is 11.0. The van der Waals surface area contributed by atoms with E-state index < -0.39 is 0 Å². The molecule has 2 aromatic heterocycles. The van der Waals surface area contributed by atoms with E-state index in [2.05, 4.69) is 103 Å². The molecular weight excluding hydrogens is 685 g/mol. The van der Waals surface area contributed by atoms with Crippen molar-refractivity contribution in [3.05, 3.63) is 180 Å². The Hall–Kier alpha value is -7.67. The largest absolute Gasteiger partial charge is 0.309 e. The van der Waals surface area contributed by atoms with Gasteiger partial charge in [-0.1, -0.05) is 117 Å². The third-order valence-corrected chi connectivity index (χ3v) is 11.0. The van der Waals surface area contributed by atoms with Gasteiger partial charge in [0.25, 0.3) is 0 Å². The maximum absolute atomic E-state index is 9.97. The first-order valence-corrected chi connectivity index (χ1v) is 18.6. The van der Waals surface area contributed by atoms with Crippen LogP contribution in [0.5, 0.6) is 0 Å². The fourth-order valence-corrected chi connectivity index (χ4v) is 8.34. The summed E-state index contributed by atoms with van der Waals surface area (Å²) in [4.78, 5) is 15.1. The molecule has 1 aliphatic rings. The van der Waals surface area contributed by atoms with Crippen molar-refractivity contribution < 1.29 is 0 Å². The molecule has 1 aliphatic carbocycles. The van der Waals surface area contributed by atoms with E-state index in [1.807, 2.05) is 78.9 Å². The van der Waals surface area contributed by atoms with Gasteiger partial charge in [0.2, 0.25) is 0 Å². The van der Waals surface area contributed by atoms with Crippen LogP contribution in [0.2, 0.25) is 0 Å². The average molecular weight is 717 g/mol. The van der Waals surface area contributed by atoms with Gasteiger partial charge >= 0.3 is 0 Å². The fourth-order valence-electron chi connectivity index (χ4n) is 8.34. The molecule has 0 saturated heterocycles. The summed E-state index contributed by atoms with van der Waals surface area (Å²) in [6, 6.07) is 58.0. The predicted octanol–water partition coefficient (Wildman–Crippen LogP) is 11.7. The molecule has 0 saturated carbocycles. The zero-order valence-electron chi connectivity index (χ0n) is 30.7. The Balaban J connectivity index is 1.28. The minimum atomic E-state index is -0.188. The Morgan fingerprint density at radius 1 is 0.446 bits per heavy atom. The van der Waals surface area contributed by atoms with E-state index in [0.29, 0.717) is 28.6 Å². The molecular formula is C50H32N6. The van der Waals surface area contributed by atoms with Gasteiger partial charge in [0.1, 0.15) is 0 Å². The van der Waals surface area contributed by atoms with Crippen LogP contribution >= 0.6 is 0 Å². The van der Waals surface area contributed by atoms with Gasteiger partial charge in [-0.05, 0) is 88.0 Å². The Morgan fingerprint density at radius 2 is 1.00 bits per heavy atom. The maximum atomic E-state index is 9.97. The Labute approximate surface area is 324 Å². The minimum Gasteiger partial charge on any atom is -0.309 e. The van der Waals surface area contributed by atoms with E-state index in [0.717, 1.165) is 55.3 Å². The van der Waals surface area contributed by atoms with Crippen LogP contribution in [0.25, 0.3) is 83.9 Å². The van der Waals surface area contributed by atoms with Gasteiger partial charge in [0.05, 0.1) is 34.3 Å². The molecule has 0 fully saturated rings. The quantitative estimate of drug-likeness (QED) is 0.177. The molecule has 2 heterocycles. The molecule has 0 unspecified atom stereocenters. The summed E-state index contributed by atoms with van der Waals surface area (Å²) < 4.78 is 2.33. The van der Waals surface area contributed by atoms with E-state index in [4.69, 9.17) is 15.0 Å². The number of rotatable bonds is 5. The van der Waals surface area contributed by atoms with Gasteiger partial charge < -0.3 is 4.57 Å². The maximum Gasteiger partial charge on any atom is 0.164 e. The summed E-state index contributed by atoms with van der Waals surface area (Å²) in [5, 5.41) is 22.3. The molecule has 6 nitrogen and oxygen atoms in total. The van der Waals surface area contributed by atoms with Crippen LogP contribution in [0.3, 0.4) is 0 Å². The van der Waals surface area contributed by atoms with E-state index >= 15 is 0 Å². The normalized spacial score (nSPS) is 12.6. The highest BCUT2D eigenvalue weighted by atomic mass is 15.0. The lowest BCUT2D eigenvalue weighted by atomic mass is 9.82. The van der Waals surface area contributed by atoms with E-state index in [1.165, 1.54) is 22.3 Å². The lowest BCUT2D eigenvalue weighted by Gasteiger charge is -2.22. The lowest BCUT2D eigenvalue weighted by Crippen LogP contribution is -2.15. The van der Waals surface area contributed by atoms with Crippen LogP contribution in [-0.4, -0.2) is 19.5 Å². The van der Waals surface area contributed by atoms with Gasteiger partial charge in [0.15, 0.2) is 17.5 Å². The molecule has 0 radical (unpaired) electrons. The predicted molar refractivity (Wildman–Crippen MR) is 223 cm³/mol. The molecule has 56 heavy (non-hydrogen) atoms. The third kappa shape index (κ3) is 5.28. The van der Waals surface area contributed by atoms with Crippen LogP contribution in [-0.2, 0) is 5.41 Å². The lowest BCUT2D eigenvalue weighted by molar-refractivity contribution is 0.661. The van der Waals surface area contributed by atoms with Crippen molar-refractivity contribution in [2.24, 2.45) is 0 Å². The number of hydrogen-bond donors (Lipinski definition) is 0. The minimum absolute atomic E-state index is 0.188. The Kier molecular flexibility index (Phi) is 7.49. The molecule has 9 aromatic rings. The topological polar surface area (TPSA) is 91.2 Å². The Morgan fingerprint density at radius 3 is 1.66 bits per heavy atom. The fraction of sp³-hybridized carbons (Fsp3) is 0.0600. The first-order valence-electron chi connectivity index (χ1n) is 18.6. The number of aromatic nitrogens is 4. The molecule has 0 aliphatic heterocycles. The van der Waals surface area contributed by atoms with Crippen molar-refractivity contribution >= 4 is 21.8 Å². The monoisotopic (exact) mass is 716 g/mol. The molecule has 0 atom stereocenters. The first-order chi connectivity index (χ1) is 27.4. The highest BCUT2D eigenvalue weighted by Gasteiger charge is 2.36. The molecule has 0 amide bonds. The van der Waals surface area contributed by atoms with Crippen LogP contribution in [0, 0.1) is 22.7 Å². The van der Waals surface area contributed by atoms with Crippen LogP contribution in [0.4, 0.5) is 0 Å². The van der Waals surface area contributed by atoms with Crippen molar-refractivity contribution in [1.29, 1.82) is 10.5 Å². The second-order valence-corrected chi connectivity index (χ2v) is 14.8. The zero-order valence-corrected chi connectivity index (χ0v) is 30.7. The van der Waals surface area contributed by atoms with Crippen molar-refractivity contribution in [2.45, 2.75) is 19.3 Å².